The molecule has 0 N–H and O–H groups in total. The topological polar surface area (TPSA) is 3.24 Å². The first-order valence-corrected chi connectivity index (χ1v) is 16.8. The molecule has 0 spiro atoms. The van der Waals surface area contributed by atoms with E-state index in [0.29, 0.717) is 6.04 Å². The first-order valence-electron chi connectivity index (χ1n) is 14.2. The van der Waals surface area contributed by atoms with Gasteiger partial charge in [-0.3, -0.25) is 0 Å². The van der Waals surface area contributed by atoms with Crippen LogP contribution in [0.25, 0.3) is 0 Å². The zero-order chi connectivity index (χ0) is 27.6. The molecule has 6 rings (SSSR count). The summed E-state index contributed by atoms with van der Waals surface area (Å²) in [6, 6.07) is 46.6. The maximum absolute atomic E-state index is 2.98. The molecule has 0 aromatic heterocycles. The highest BCUT2D eigenvalue weighted by molar-refractivity contribution is 7.84. The highest BCUT2D eigenvalue weighted by Gasteiger charge is 2.39. The molecule has 200 valence electrons. The van der Waals surface area contributed by atoms with E-state index in [1.165, 1.54) is 54.6 Å². The summed E-state index contributed by atoms with van der Waals surface area (Å²) in [6.07, 6.45) is 2.17. The fourth-order valence-electron chi connectivity index (χ4n) is 5.93. The van der Waals surface area contributed by atoms with Crippen molar-refractivity contribution < 1.29 is 0 Å². The molecular formula is C37H37NP2. The minimum absolute atomic E-state index is 0.414. The molecular weight excluding hydrogens is 520 g/mol. The fourth-order valence-corrected chi connectivity index (χ4v) is 12.6. The molecule has 0 saturated carbocycles. The Morgan fingerprint density at radius 3 is 1.07 bits per heavy atom. The zero-order valence-corrected chi connectivity index (χ0v) is 25.7. The van der Waals surface area contributed by atoms with Crippen LogP contribution in [-0.2, 0) is 12.8 Å². The summed E-state index contributed by atoms with van der Waals surface area (Å²) in [5.41, 5.74) is 8.30. The predicted octanol–water partition coefficient (Wildman–Crippen LogP) is 7.79. The third-order valence-corrected chi connectivity index (χ3v) is 13.4. The Balaban J connectivity index is 1.62. The lowest BCUT2D eigenvalue weighted by Gasteiger charge is -2.43. The van der Waals surface area contributed by atoms with Crippen molar-refractivity contribution in [3.63, 3.8) is 0 Å². The Hall–Kier alpha value is -3.08. The van der Waals surface area contributed by atoms with Gasteiger partial charge in [-0.1, -0.05) is 119 Å². The van der Waals surface area contributed by atoms with Gasteiger partial charge >= 0.3 is 0 Å². The van der Waals surface area contributed by atoms with Crippen LogP contribution in [0.15, 0.2) is 121 Å². The van der Waals surface area contributed by atoms with Gasteiger partial charge in [-0.25, -0.2) is 4.44 Å². The lowest BCUT2D eigenvalue weighted by atomic mass is 10.1. The Kier molecular flexibility index (Phi) is 8.00. The summed E-state index contributed by atoms with van der Waals surface area (Å²) >= 11 is 0. The van der Waals surface area contributed by atoms with Crippen LogP contribution in [0, 0.1) is 27.7 Å². The minimum Gasteiger partial charge on any atom is -0.241 e. The second kappa shape index (κ2) is 11.8. The van der Waals surface area contributed by atoms with Crippen LogP contribution in [0.3, 0.4) is 0 Å². The third kappa shape index (κ3) is 5.70. The van der Waals surface area contributed by atoms with E-state index in [9.17, 15) is 0 Å². The van der Waals surface area contributed by atoms with Crippen LogP contribution < -0.4 is 21.2 Å². The highest BCUT2D eigenvalue weighted by Crippen LogP contribution is 2.57. The van der Waals surface area contributed by atoms with Gasteiger partial charge in [0.1, 0.15) is 0 Å². The number of hydrogen-bond donors (Lipinski definition) is 0. The summed E-state index contributed by atoms with van der Waals surface area (Å²) in [6.45, 7) is 8.92. The summed E-state index contributed by atoms with van der Waals surface area (Å²) in [5.74, 6) is 0. The van der Waals surface area contributed by atoms with E-state index in [2.05, 4.69) is 153 Å². The van der Waals surface area contributed by atoms with Crippen molar-refractivity contribution in [3.05, 3.63) is 155 Å². The molecule has 0 radical (unpaired) electrons. The molecule has 0 atom stereocenters. The minimum atomic E-state index is -0.804. The number of fused-ring (bicyclic) bond motifs is 1. The molecule has 0 unspecified atom stereocenters. The summed E-state index contributed by atoms with van der Waals surface area (Å²) < 4.78 is 2.98. The molecule has 0 bridgehead atoms. The number of aryl methyl sites for hydroxylation is 4. The molecule has 0 amide bonds. The fraction of sp³-hybridized carbons (Fsp3) is 0.189. The quantitative estimate of drug-likeness (QED) is 0.185. The normalized spacial score (nSPS) is 13.4. The molecule has 40 heavy (non-hydrogen) atoms. The predicted molar refractivity (Wildman–Crippen MR) is 177 cm³/mol. The Labute approximate surface area is 242 Å². The molecule has 1 nitrogen and oxygen atoms in total. The number of benzene rings is 5. The van der Waals surface area contributed by atoms with E-state index in [4.69, 9.17) is 0 Å². The Morgan fingerprint density at radius 1 is 0.450 bits per heavy atom. The molecule has 0 saturated heterocycles. The van der Waals surface area contributed by atoms with Crippen LogP contribution in [0.2, 0.25) is 0 Å². The zero-order valence-electron chi connectivity index (χ0n) is 23.9. The Bertz CT molecular complexity index is 1430. The van der Waals surface area contributed by atoms with Crippen molar-refractivity contribution in [3.8, 4) is 0 Å². The van der Waals surface area contributed by atoms with Gasteiger partial charge in [0.05, 0.1) is 0 Å². The van der Waals surface area contributed by atoms with Crippen molar-refractivity contribution in [1.29, 1.82) is 0 Å². The summed E-state index contributed by atoms with van der Waals surface area (Å²) in [7, 11) is -1.61. The van der Waals surface area contributed by atoms with Gasteiger partial charge in [-0.15, -0.1) is 0 Å². The van der Waals surface area contributed by atoms with Crippen LogP contribution in [-0.4, -0.2) is 10.5 Å². The van der Waals surface area contributed by atoms with Crippen LogP contribution in [0.1, 0.15) is 33.4 Å². The molecule has 3 heteroatoms. The molecule has 0 aliphatic heterocycles. The second-order valence-electron chi connectivity index (χ2n) is 11.1. The van der Waals surface area contributed by atoms with E-state index in [-0.39, 0.29) is 0 Å². The highest BCUT2D eigenvalue weighted by atomic mass is 31.2. The number of nitrogens with zero attached hydrogens (tertiary/aromatic N) is 1. The first-order chi connectivity index (χ1) is 19.5. The van der Waals surface area contributed by atoms with Crippen molar-refractivity contribution in [1.82, 2.24) is 4.44 Å². The van der Waals surface area contributed by atoms with Crippen LogP contribution in [0.5, 0.6) is 0 Å². The van der Waals surface area contributed by atoms with Gasteiger partial charge in [-0.05, 0) is 97.1 Å². The number of rotatable bonds is 7. The molecule has 5 aromatic carbocycles. The second-order valence-corrected chi connectivity index (χ2v) is 15.6. The monoisotopic (exact) mass is 557 g/mol. The molecule has 5 aromatic rings. The molecule has 1 aliphatic rings. The lowest BCUT2D eigenvalue weighted by molar-refractivity contribution is 0.519. The van der Waals surface area contributed by atoms with Gasteiger partial charge in [0, 0.05) is 22.2 Å². The van der Waals surface area contributed by atoms with E-state index in [1.54, 1.807) is 0 Å². The molecule has 1 aliphatic carbocycles. The van der Waals surface area contributed by atoms with Crippen molar-refractivity contribution in [2.45, 2.75) is 46.6 Å². The van der Waals surface area contributed by atoms with Gasteiger partial charge in [0.2, 0.25) is 0 Å². The van der Waals surface area contributed by atoms with Crippen molar-refractivity contribution in [2.24, 2.45) is 0 Å². The van der Waals surface area contributed by atoms with Crippen LogP contribution in [0.4, 0.5) is 0 Å². The van der Waals surface area contributed by atoms with Gasteiger partial charge in [0.25, 0.3) is 0 Å². The smallest absolute Gasteiger partial charge is 0.0326 e. The molecule has 0 fully saturated rings. The van der Waals surface area contributed by atoms with Crippen molar-refractivity contribution in [2.75, 3.05) is 0 Å². The maximum atomic E-state index is 2.98. The first kappa shape index (κ1) is 27.1. The van der Waals surface area contributed by atoms with E-state index in [1.807, 2.05) is 0 Å². The van der Waals surface area contributed by atoms with Crippen LogP contribution >= 0.6 is 16.1 Å². The SMILES string of the molecule is Cc1cccc(P(c2cccc(C)c2)N(C2Cc3ccccc3C2)P(c2cccc(C)c2)c2cccc(C)c2)c1. The maximum Gasteiger partial charge on any atom is 0.0326 e. The van der Waals surface area contributed by atoms with Gasteiger partial charge in [-0.2, -0.15) is 0 Å². The summed E-state index contributed by atoms with van der Waals surface area (Å²) in [4.78, 5) is 0. The van der Waals surface area contributed by atoms with E-state index >= 15 is 0 Å². The van der Waals surface area contributed by atoms with Gasteiger partial charge < -0.3 is 0 Å². The standard InChI is InChI=1S/C37H37NP2/c1-27-11-7-17-34(21-27)39(35-18-8-12-28(2)22-35)38(33-25-31-15-5-6-16-32(31)26-33)40(36-19-9-13-29(3)23-36)37-20-10-14-30(4)24-37/h5-24,33H,25-26H2,1-4H3. The average Bonchev–Trinajstić information content (AvgIpc) is 3.37. The Morgan fingerprint density at radius 2 is 0.775 bits per heavy atom. The average molecular weight is 558 g/mol. The molecule has 0 heterocycles. The van der Waals surface area contributed by atoms with E-state index < -0.39 is 16.1 Å². The lowest BCUT2D eigenvalue weighted by Crippen LogP contribution is -2.39. The van der Waals surface area contributed by atoms with Crippen molar-refractivity contribution >= 4 is 37.4 Å². The largest absolute Gasteiger partial charge is 0.241 e. The third-order valence-electron chi connectivity index (χ3n) is 7.75. The summed E-state index contributed by atoms with van der Waals surface area (Å²) in [5, 5.41) is 5.74. The number of hydrogen-bond acceptors (Lipinski definition) is 1. The van der Waals surface area contributed by atoms with E-state index in [0.717, 1.165) is 12.8 Å². The van der Waals surface area contributed by atoms with Gasteiger partial charge in [0.15, 0.2) is 0 Å².